The van der Waals surface area contributed by atoms with Crippen molar-refractivity contribution >= 4 is 5.91 Å². The van der Waals surface area contributed by atoms with Gasteiger partial charge in [-0.3, -0.25) is 4.79 Å². The van der Waals surface area contributed by atoms with Crippen LogP contribution in [0.25, 0.3) is 0 Å². The molecule has 1 amide bonds. The Morgan fingerprint density at radius 2 is 2.33 bits per heavy atom. The third-order valence-electron chi connectivity index (χ3n) is 3.12. The zero-order valence-corrected chi connectivity index (χ0v) is 10.9. The minimum atomic E-state index is 0.0345. The molecular weight excluding hydrogens is 232 g/mol. The van der Waals surface area contributed by atoms with E-state index in [1.54, 1.807) is 4.68 Å². The van der Waals surface area contributed by atoms with Crippen molar-refractivity contribution in [2.24, 2.45) is 5.92 Å². The van der Waals surface area contributed by atoms with E-state index in [4.69, 9.17) is 5.11 Å². The third kappa shape index (κ3) is 2.69. The van der Waals surface area contributed by atoms with Gasteiger partial charge in [-0.25, -0.2) is 9.67 Å². The van der Waals surface area contributed by atoms with Crippen molar-refractivity contribution in [3.8, 4) is 0 Å². The highest BCUT2D eigenvalue weighted by Crippen LogP contribution is 2.27. The Morgan fingerprint density at radius 3 is 3.00 bits per heavy atom. The molecule has 0 saturated carbocycles. The molecule has 0 unspecified atom stereocenters. The van der Waals surface area contributed by atoms with Crippen molar-refractivity contribution in [1.82, 2.24) is 19.7 Å². The summed E-state index contributed by atoms with van der Waals surface area (Å²) in [6, 6.07) is 0. The molecule has 100 valence electrons. The van der Waals surface area contributed by atoms with Gasteiger partial charge < -0.3 is 10.0 Å². The van der Waals surface area contributed by atoms with E-state index in [0.29, 0.717) is 25.4 Å². The van der Waals surface area contributed by atoms with Gasteiger partial charge in [-0.1, -0.05) is 13.8 Å². The summed E-state index contributed by atoms with van der Waals surface area (Å²) in [6.45, 7) is 6.19. The van der Waals surface area contributed by atoms with Crippen LogP contribution in [0.3, 0.4) is 0 Å². The van der Waals surface area contributed by atoms with Gasteiger partial charge >= 0.3 is 0 Å². The van der Waals surface area contributed by atoms with E-state index in [9.17, 15) is 4.79 Å². The maximum Gasteiger partial charge on any atom is 0.223 e. The van der Waals surface area contributed by atoms with Gasteiger partial charge in [0.2, 0.25) is 5.91 Å². The number of likely N-dealkylation sites (tertiary alicyclic amines) is 1. The summed E-state index contributed by atoms with van der Waals surface area (Å²) in [5.74, 6) is 1.57. The van der Waals surface area contributed by atoms with Crippen molar-refractivity contribution in [2.45, 2.75) is 32.7 Å². The van der Waals surface area contributed by atoms with Crippen molar-refractivity contribution in [1.29, 1.82) is 0 Å². The molecule has 1 aliphatic rings. The second kappa shape index (κ2) is 5.48. The normalized spacial score (nSPS) is 20.1. The lowest BCUT2D eigenvalue weighted by Gasteiger charge is -2.18. The molecule has 1 fully saturated rings. The quantitative estimate of drug-likeness (QED) is 0.815. The van der Waals surface area contributed by atoms with Crippen molar-refractivity contribution in [3.05, 3.63) is 12.2 Å². The molecule has 1 aromatic rings. The van der Waals surface area contributed by atoms with Crippen LogP contribution < -0.4 is 0 Å². The molecule has 18 heavy (non-hydrogen) atoms. The summed E-state index contributed by atoms with van der Waals surface area (Å²) >= 11 is 0. The maximum atomic E-state index is 11.9. The Kier molecular flexibility index (Phi) is 3.96. The van der Waals surface area contributed by atoms with Crippen molar-refractivity contribution < 1.29 is 9.90 Å². The number of aliphatic hydroxyl groups is 1. The van der Waals surface area contributed by atoms with Crippen LogP contribution in [-0.4, -0.2) is 50.4 Å². The fraction of sp³-hybridized carbons (Fsp3) is 0.750. The van der Waals surface area contributed by atoms with Gasteiger partial charge in [-0.15, -0.1) is 0 Å². The Bertz CT molecular complexity index is 416. The van der Waals surface area contributed by atoms with E-state index in [0.717, 1.165) is 12.4 Å². The fourth-order valence-corrected chi connectivity index (χ4v) is 2.42. The van der Waals surface area contributed by atoms with E-state index in [1.165, 1.54) is 6.33 Å². The van der Waals surface area contributed by atoms with Gasteiger partial charge in [0.1, 0.15) is 12.2 Å². The number of carbonyl (C=O) groups excluding carboxylic acids is 1. The van der Waals surface area contributed by atoms with Crippen LogP contribution in [0, 0.1) is 5.92 Å². The molecular formula is C12H20N4O2. The SMILES string of the molecule is CC(C)CN1C[C@@H](c2ncnn2CCO)CC1=O. The third-order valence-corrected chi connectivity index (χ3v) is 3.12. The largest absolute Gasteiger partial charge is 0.394 e. The smallest absolute Gasteiger partial charge is 0.223 e. The standard InChI is InChI=1S/C12H20N4O2/c1-9(2)6-15-7-10(5-11(15)18)12-13-8-14-16(12)3-4-17/h8-10,17H,3-7H2,1-2H3/t10-/m0/s1. The van der Waals surface area contributed by atoms with Gasteiger partial charge in [-0.2, -0.15) is 5.10 Å². The first-order valence-corrected chi connectivity index (χ1v) is 6.38. The predicted molar refractivity (Wildman–Crippen MR) is 65.9 cm³/mol. The molecule has 1 aliphatic heterocycles. The van der Waals surface area contributed by atoms with Gasteiger partial charge in [0.25, 0.3) is 0 Å². The van der Waals surface area contributed by atoms with Crippen LogP contribution in [0.1, 0.15) is 32.0 Å². The van der Waals surface area contributed by atoms with E-state index in [1.807, 2.05) is 4.90 Å². The highest BCUT2D eigenvalue weighted by Gasteiger charge is 2.33. The van der Waals surface area contributed by atoms with Crippen LogP contribution >= 0.6 is 0 Å². The molecule has 0 radical (unpaired) electrons. The average Bonchev–Trinajstić information content (AvgIpc) is 2.86. The number of hydrogen-bond donors (Lipinski definition) is 1. The lowest BCUT2D eigenvalue weighted by atomic mass is 10.1. The summed E-state index contributed by atoms with van der Waals surface area (Å²) in [5, 5.41) is 13.0. The molecule has 0 bridgehead atoms. The molecule has 0 aromatic carbocycles. The van der Waals surface area contributed by atoms with Gasteiger partial charge in [-0.05, 0) is 5.92 Å². The molecule has 1 saturated heterocycles. The Hall–Kier alpha value is -1.43. The van der Waals surface area contributed by atoms with Gasteiger partial charge in [0, 0.05) is 25.4 Å². The van der Waals surface area contributed by atoms with E-state index < -0.39 is 0 Å². The number of rotatable bonds is 5. The van der Waals surface area contributed by atoms with E-state index >= 15 is 0 Å². The number of amides is 1. The summed E-state index contributed by atoms with van der Waals surface area (Å²) in [6.07, 6.45) is 1.98. The average molecular weight is 252 g/mol. The van der Waals surface area contributed by atoms with E-state index in [-0.39, 0.29) is 18.4 Å². The molecule has 0 aliphatic carbocycles. The summed E-state index contributed by atoms with van der Waals surface area (Å²) < 4.78 is 1.69. The molecule has 2 rings (SSSR count). The van der Waals surface area contributed by atoms with Crippen LogP contribution in [0.4, 0.5) is 0 Å². The Morgan fingerprint density at radius 1 is 1.56 bits per heavy atom. The second-order valence-corrected chi connectivity index (χ2v) is 5.16. The van der Waals surface area contributed by atoms with Crippen molar-refractivity contribution in [3.63, 3.8) is 0 Å². The first-order chi connectivity index (χ1) is 8.61. The molecule has 2 heterocycles. The summed E-state index contributed by atoms with van der Waals surface area (Å²) in [4.78, 5) is 18.0. The molecule has 6 heteroatoms. The van der Waals surface area contributed by atoms with E-state index in [2.05, 4.69) is 23.9 Å². The maximum absolute atomic E-state index is 11.9. The summed E-state index contributed by atoms with van der Waals surface area (Å²) in [7, 11) is 0. The van der Waals surface area contributed by atoms with Crippen LogP contribution in [0.15, 0.2) is 6.33 Å². The van der Waals surface area contributed by atoms with Crippen molar-refractivity contribution in [2.75, 3.05) is 19.7 Å². The fourth-order valence-electron chi connectivity index (χ4n) is 2.42. The molecule has 6 nitrogen and oxygen atoms in total. The zero-order chi connectivity index (χ0) is 13.1. The van der Waals surface area contributed by atoms with Crippen LogP contribution in [0.2, 0.25) is 0 Å². The zero-order valence-electron chi connectivity index (χ0n) is 10.9. The lowest BCUT2D eigenvalue weighted by Crippen LogP contribution is -2.29. The molecule has 1 atom stereocenters. The summed E-state index contributed by atoms with van der Waals surface area (Å²) in [5.41, 5.74) is 0. The minimum Gasteiger partial charge on any atom is -0.394 e. The number of hydrogen-bond acceptors (Lipinski definition) is 4. The predicted octanol–water partition coefficient (Wildman–Crippen LogP) is 0.242. The molecule has 1 aromatic heterocycles. The van der Waals surface area contributed by atoms with Gasteiger partial charge in [0.15, 0.2) is 0 Å². The Balaban J connectivity index is 2.07. The number of aromatic nitrogens is 3. The first-order valence-electron chi connectivity index (χ1n) is 6.38. The second-order valence-electron chi connectivity index (χ2n) is 5.16. The van der Waals surface area contributed by atoms with Crippen LogP contribution in [-0.2, 0) is 11.3 Å². The molecule has 0 spiro atoms. The first kappa shape index (κ1) is 13.0. The highest BCUT2D eigenvalue weighted by atomic mass is 16.3. The molecule has 1 N–H and O–H groups in total. The minimum absolute atomic E-state index is 0.0345. The number of carbonyl (C=O) groups is 1. The number of aliphatic hydroxyl groups excluding tert-OH is 1. The van der Waals surface area contributed by atoms with Crippen LogP contribution in [0.5, 0.6) is 0 Å². The topological polar surface area (TPSA) is 71.2 Å². The monoisotopic (exact) mass is 252 g/mol. The van der Waals surface area contributed by atoms with Gasteiger partial charge in [0.05, 0.1) is 13.2 Å². The lowest BCUT2D eigenvalue weighted by molar-refractivity contribution is -0.128. The highest BCUT2D eigenvalue weighted by molar-refractivity contribution is 5.79. The number of nitrogens with zero attached hydrogens (tertiary/aromatic N) is 4. The Labute approximate surface area is 107 Å².